The Bertz CT molecular complexity index is 251. The maximum absolute atomic E-state index is 9.63. The minimum atomic E-state index is -0.435. The lowest BCUT2D eigenvalue weighted by Gasteiger charge is -2.28. The fourth-order valence-corrected chi connectivity index (χ4v) is 1.31. The van der Waals surface area contributed by atoms with Gasteiger partial charge in [0.1, 0.15) is 0 Å². The zero-order chi connectivity index (χ0) is 9.35. The zero-order valence-electron chi connectivity index (χ0n) is 7.96. The lowest BCUT2D eigenvalue weighted by Crippen LogP contribution is -2.22. The van der Waals surface area contributed by atoms with E-state index >= 15 is 0 Å². The van der Waals surface area contributed by atoms with Crippen LogP contribution in [0.5, 0.6) is 0 Å². The minimum absolute atomic E-state index is 0.0209. The highest BCUT2D eigenvalue weighted by Crippen LogP contribution is 2.31. The highest BCUT2D eigenvalue weighted by atomic mass is 16.3. The van der Waals surface area contributed by atoms with Crippen molar-refractivity contribution in [1.82, 2.24) is 0 Å². The molecule has 0 spiro atoms. The van der Waals surface area contributed by atoms with Gasteiger partial charge in [-0.1, -0.05) is 45.6 Å². The molecule has 1 nitrogen and oxygen atoms in total. The molecule has 0 aromatic rings. The lowest BCUT2D eigenvalue weighted by atomic mass is 9.80. The normalized spacial score (nSPS) is 24.2. The second kappa shape index (κ2) is 2.91. The van der Waals surface area contributed by atoms with Gasteiger partial charge in [0.15, 0.2) is 0 Å². The van der Waals surface area contributed by atoms with Crippen LogP contribution in [0.1, 0.15) is 20.8 Å². The summed E-state index contributed by atoms with van der Waals surface area (Å²) in [4.78, 5) is 0. The van der Waals surface area contributed by atoms with Crippen LogP contribution in [0.4, 0.5) is 0 Å². The molecule has 0 fully saturated rings. The van der Waals surface area contributed by atoms with E-state index in [1.165, 1.54) is 0 Å². The van der Waals surface area contributed by atoms with Crippen molar-refractivity contribution in [3.05, 3.63) is 36.0 Å². The Kier molecular flexibility index (Phi) is 2.25. The zero-order valence-corrected chi connectivity index (χ0v) is 7.96. The molecular formula is C11H16O. The number of hydrogen-bond donors (Lipinski definition) is 1. The van der Waals surface area contributed by atoms with Crippen molar-refractivity contribution in [3.8, 4) is 0 Å². The van der Waals surface area contributed by atoms with E-state index in [2.05, 4.69) is 27.4 Å². The van der Waals surface area contributed by atoms with E-state index in [0.717, 1.165) is 11.1 Å². The largest absolute Gasteiger partial charge is 0.385 e. The second-order valence-corrected chi connectivity index (χ2v) is 4.23. The van der Waals surface area contributed by atoms with E-state index in [1.807, 2.05) is 12.2 Å². The van der Waals surface area contributed by atoms with Crippen LogP contribution >= 0.6 is 0 Å². The Morgan fingerprint density at radius 3 is 2.42 bits per heavy atom. The summed E-state index contributed by atoms with van der Waals surface area (Å²) in [6, 6.07) is 0. The molecule has 66 valence electrons. The third-order valence-corrected chi connectivity index (χ3v) is 2.02. The average Bonchev–Trinajstić information content (AvgIpc) is 1.92. The van der Waals surface area contributed by atoms with Gasteiger partial charge in [-0.05, 0) is 16.6 Å². The van der Waals surface area contributed by atoms with Crippen molar-refractivity contribution in [2.45, 2.75) is 26.9 Å². The Morgan fingerprint density at radius 1 is 1.42 bits per heavy atom. The molecule has 0 bridgehead atoms. The first-order valence-electron chi connectivity index (χ1n) is 4.18. The first-order chi connectivity index (χ1) is 5.41. The average molecular weight is 164 g/mol. The van der Waals surface area contributed by atoms with Gasteiger partial charge in [-0.3, -0.25) is 0 Å². The van der Waals surface area contributed by atoms with Crippen molar-refractivity contribution in [1.29, 1.82) is 0 Å². The molecule has 0 amide bonds. The number of rotatable bonds is 0. The second-order valence-electron chi connectivity index (χ2n) is 4.23. The molecule has 1 aliphatic rings. The van der Waals surface area contributed by atoms with Gasteiger partial charge in [0, 0.05) is 0 Å². The first-order valence-corrected chi connectivity index (χ1v) is 4.18. The summed E-state index contributed by atoms with van der Waals surface area (Å²) < 4.78 is 0. The van der Waals surface area contributed by atoms with Crippen molar-refractivity contribution in [2.24, 2.45) is 5.41 Å². The number of aliphatic hydroxyl groups excluding tert-OH is 1. The molecule has 0 aromatic carbocycles. The highest BCUT2D eigenvalue weighted by molar-refractivity contribution is 5.41. The summed E-state index contributed by atoms with van der Waals surface area (Å²) in [6.07, 6.45) is 5.16. The SMILES string of the molecule is C=C1C=CC(O)C(C(C)(C)C)=C1. The van der Waals surface area contributed by atoms with E-state index in [4.69, 9.17) is 0 Å². The van der Waals surface area contributed by atoms with E-state index in [0.29, 0.717) is 0 Å². The lowest BCUT2D eigenvalue weighted by molar-refractivity contribution is 0.228. The van der Waals surface area contributed by atoms with Crippen LogP contribution in [0.25, 0.3) is 0 Å². The molecule has 0 aliphatic heterocycles. The van der Waals surface area contributed by atoms with Gasteiger partial charge in [-0.25, -0.2) is 0 Å². The molecule has 0 saturated carbocycles. The van der Waals surface area contributed by atoms with E-state index in [-0.39, 0.29) is 5.41 Å². The third-order valence-electron chi connectivity index (χ3n) is 2.02. The van der Waals surface area contributed by atoms with E-state index in [1.54, 1.807) is 6.08 Å². The monoisotopic (exact) mass is 164 g/mol. The molecule has 1 atom stereocenters. The molecule has 1 aliphatic carbocycles. The van der Waals surface area contributed by atoms with Crippen molar-refractivity contribution < 1.29 is 5.11 Å². The molecule has 1 unspecified atom stereocenters. The summed E-state index contributed by atoms with van der Waals surface area (Å²) in [5, 5.41) is 9.63. The first kappa shape index (κ1) is 9.27. The molecule has 0 saturated heterocycles. The Morgan fingerprint density at radius 2 is 2.00 bits per heavy atom. The fraction of sp³-hybridized carbons (Fsp3) is 0.455. The predicted molar refractivity (Wildman–Crippen MR) is 51.8 cm³/mol. The van der Waals surface area contributed by atoms with Gasteiger partial charge >= 0.3 is 0 Å². The summed E-state index contributed by atoms with van der Waals surface area (Å²) >= 11 is 0. The maximum Gasteiger partial charge on any atom is 0.0943 e. The smallest absolute Gasteiger partial charge is 0.0943 e. The van der Waals surface area contributed by atoms with Crippen LogP contribution in [0, 0.1) is 5.41 Å². The number of aliphatic hydroxyl groups is 1. The molecule has 1 heteroatoms. The standard InChI is InChI=1S/C11H16O/c1-8-5-6-10(12)9(7-8)11(2,3)4/h5-7,10,12H,1H2,2-4H3. The van der Waals surface area contributed by atoms with Gasteiger partial charge in [-0.15, -0.1) is 0 Å². The van der Waals surface area contributed by atoms with Crippen LogP contribution in [-0.4, -0.2) is 11.2 Å². The minimum Gasteiger partial charge on any atom is -0.385 e. The number of allylic oxidation sites excluding steroid dienone is 3. The van der Waals surface area contributed by atoms with Gasteiger partial charge in [0.2, 0.25) is 0 Å². The van der Waals surface area contributed by atoms with Crippen molar-refractivity contribution in [2.75, 3.05) is 0 Å². The Balaban J connectivity index is 2.97. The topological polar surface area (TPSA) is 20.2 Å². The van der Waals surface area contributed by atoms with Crippen LogP contribution in [0.15, 0.2) is 36.0 Å². The summed E-state index contributed by atoms with van der Waals surface area (Å²) in [7, 11) is 0. The molecule has 0 aromatic heterocycles. The predicted octanol–water partition coefficient (Wildman–Crippen LogP) is 2.45. The van der Waals surface area contributed by atoms with E-state index < -0.39 is 6.10 Å². The molecule has 12 heavy (non-hydrogen) atoms. The molecule has 1 rings (SSSR count). The Hall–Kier alpha value is -0.820. The van der Waals surface area contributed by atoms with Gasteiger partial charge in [0.25, 0.3) is 0 Å². The van der Waals surface area contributed by atoms with Crippen LogP contribution in [0.2, 0.25) is 0 Å². The molecule has 1 N–H and O–H groups in total. The van der Waals surface area contributed by atoms with Crippen molar-refractivity contribution in [3.63, 3.8) is 0 Å². The highest BCUT2D eigenvalue weighted by Gasteiger charge is 2.23. The fourth-order valence-electron chi connectivity index (χ4n) is 1.31. The van der Waals surface area contributed by atoms with Gasteiger partial charge in [-0.2, -0.15) is 0 Å². The van der Waals surface area contributed by atoms with Crippen LogP contribution < -0.4 is 0 Å². The summed E-state index contributed by atoms with van der Waals surface area (Å²) in [5.74, 6) is 0. The third kappa shape index (κ3) is 1.86. The van der Waals surface area contributed by atoms with Crippen LogP contribution in [0.3, 0.4) is 0 Å². The van der Waals surface area contributed by atoms with Crippen LogP contribution in [-0.2, 0) is 0 Å². The summed E-state index contributed by atoms with van der Waals surface area (Å²) in [6.45, 7) is 10.1. The maximum atomic E-state index is 9.63. The molecule has 0 radical (unpaired) electrons. The van der Waals surface area contributed by atoms with Crippen molar-refractivity contribution >= 4 is 0 Å². The molecule has 0 heterocycles. The van der Waals surface area contributed by atoms with E-state index in [9.17, 15) is 5.11 Å². The summed E-state index contributed by atoms with van der Waals surface area (Å²) in [5.41, 5.74) is 2.02. The molecular weight excluding hydrogens is 148 g/mol. The quantitative estimate of drug-likeness (QED) is 0.583. The van der Waals surface area contributed by atoms with Gasteiger partial charge in [0.05, 0.1) is 6.10 Å². The number of hydrogen-bond acceptors (Lipinski definition) is 1. The Labute approximate surface area is 74.1 Å². The van der Waals surface area contributed by atoms with Gasteiger partial charge < -0.3 is 5.11 Å².